The highest BCUT2D eigenvalue weighted by Crippen LogP contribution is 2.33. The zero-order valence-electron chi connectivity index (χ0n) is 15.1. The molecule has 0 spiro atoms. The second kappa shape index (κ2) is 8.26. The molecule has 0 amide bonds. The van der Waals surface area contributed by atoms with Gasteiger partial charge in [0.1, 0.15) is 17.1 Å². The third kappa shape index (κ3) is 4.68. The van der Waals surface area contributed by atoms with E-state index in [1.54, 1.807) is 0 Å². The first kappa shape index (κ1) is 20.5. The molecule has 0 saturated carbocycles. The number of aliphatic hydroxyl groups excluding tert-OH is 1. The molecule has 0 aliphatic heterocycles. The number of hydrogen-bond acceptors (Lipinski definition) is 4. The van der Waals surface area contributed by atoms with Gasteiger partial charge in [0.05, 0.1) is 26.4 Å². The van der Waals surface area contributed by atoms with Gasteiger partial charge in [-0.25, -0.2) is 0 Å². The van der Waals surface area contributed by atoms with E-state index in [9.17, 15) is 23.1 Å². The van der Waals surface area contributed by atoms with Crippen LogP contribution in [0, 0.1) is 6.92 Å². The van der Waals surface area contributed by atoms with Crippen LogP contribution in [0.4, 0.5) is 13.2 Å². The fourth-order valence-electron chi connectivity index (χ4n) is 2.60. The number of halogens is 3. The van der Waals surface area contributed by atoms with Crippen molar-refractivity contribution < 1.29 is 32.5 Å². The number of methoxy groups -OCH3 is 2. The summed E-state index contributed by atoms with van der Waals surface area (Å²) in [5.41, 5.74) is 0.217. The van der Waals surface area contributed by atoms with E-state index in [0.29, 0.717) is 5.56 Å². The van der Waals surface area contributed by atoms with Gasteiger partial charge in [0.25, 0.3) is 0 Å². The molecule has 2 aromatic rings. The van der Waals surface area contributed by atoms with E-state index in [0.717, 1.165) is 12.1 Å². The molecular formula is C20H19F3O4. The van der Waals surface area contributed by atoms with Crippen LogP contribution in [0.5, 0.6) is 11.5 Å². The zero-order chi connectivity index (χ0) is 20.2. The molecule has 0 aliphatic carbocycles. The van der Waals surface area contributed by atoms with Gasteiger partial charge in [-0.05, 0) is 47.9 Å². The smallest absolute Gasteiger partial charge is 0.416 e. The zero-order valence-corrected chi connectivity index (χ0v) is 15.1. The highest BCUT2D eigenvalue weighted by molar-refractivity contribution is 6.10. The summed E-state index contributed by atoms with van der Waals surface area (Å²) in [5, 5.41) is 9.27. The Balaban J connectivity index is 2.41. The fourth-order valence-corrected chi connectivity index (χ4v) is 2.60. The molecule has 0 heterocycles. The number of aryl methyl sites for hydroxylation is 1. The van der Waals surface area contributed by atoms with Crippen molar-refractivity contribution in [1.29, 1.82) is 0 Å². The third-order valence-electron chi connectivity index (χ3n) is 3.99. The van der Waals surface area contributed by atoms with Crippen LogP contribution in [0.15, 0.2) is 36.4 Å². The summed E-state index contributed by atoms with van der Waals surface area (Å²) in [7, 11) is 2.73. The maximum atomic E-state index is 13.0. The Bertz CT molecular complexity index is 845. The number of benzene rings is 2. The van der Waals surface area contributed by atoms with Gasteiger partial charge in [0.15, 0.2) is 5.78 Å². The number of aliphatic hydroxyl groups is 1. The lowest BCUT2D eigenvalue weighted by Gasteiger charge is -2.13. The Hall–Kier alpha value is -2.80. The number of hydrogen-bond donors (Lipinski definition) is 1. The molecule has 0 atom stereocenters. The molecule has 2 rings (SSSR count). The highest BCUT2D eigenvalue weighted by atomic mass is 19.4. The molecule has 1 N–H and O–H groups in total. The minimum atomic E-state index is -4.47. The number of alkyl halides is 3. The van der Waals surface area contributed by atoms with Crippen LogP contribution in [0.1, 0.15) is 32.6 Å². The van der Waals surface area contributed by atoms with Crippen LogP contribution in [0.2, 0.25) is 0 Å². The van der Waals surface area contributed by atoms with Gasteiger partial charge in [0, 0.05) is 0 Å². The molecule has 27 heavy (non-hydrogen) atoms. The third-order valence-corrected chi connectivity index (χ3v) is 3.99. The van der Waals surface area contributed by atoms with Crippen molar-refractivity contribution in [1.82, 2.24) is 0 Å². The largest absolute Gasteiger partial charge is 0.496 e. The SMILES string of the molecule is COc1cc(CO)cc(OC)c1C(=O)/C=C/c1ccc(C)c(C(F)(F)F)c1. The molecule has 0 bridgehead atoms. The Kier molecular flexibility index (Phi) is 6.28. The van der Waals surface area contributed by atoms with Crippen molar-refractivity contribution in [2.75, 3.05) is 14.2 Å². The lowest BCUT2D eigenvalue weighted by molar-refractivity contribution is -0.138. The van der Waals surface area contributed by atoms with Gasteiger partial charge in [-0.15, -0.1) is 0 Å². The van der Waals surface area contributed by atoms with Crippen molar-refractivity contribution in [2.24, 2.45) is 0 Å². The lowest BCUT2D eigenvalue weighted by Crippen LogP contribution is -2.07. The first-order valence-corrected chi connectivity index (χ1v) is 7.97. The molecule has 0 aliphatic rings. The summed E-state index contributed by atoms with van der Waals surface area (Å²) in [6, 6.07) is 6.83. The lowest BCUT2D eigenvalue weighted by atomic mass is 10.0. The average Bonchev–Trinajstić information content (AvgIpc) is 2.64. The monoisotopic (exact) mass is 380 g/mol. The maximum absolute atomic E-state index is 13.0. The van der Waals surface area contributed by atoms with Crippen LogP contribution in [0.3, 0.4) is 0 Å². The van der Waals surface area contributed by atoms with Crippen LogP contribution in [-0.4, -0.2) is 25.1 Å². The van der Waals surface area contributed by atoms with E-state index in [4.69, 9.17) is 9.47 Å². The predicted molar refractivity (Wildman–Crippen MR) is 95.0 cm³/mol. The number of allylic oxidation sites excluding steroid dienone is 1. The molecule has 4 nitrogen and oxygen atoms in total. The summed E-state index contributed by atoms with van der Waals surface area (Å²) < 4.78 is 49.4. The first-order valence-electron chi connectivity index (χ1n) is 7.97. The first-order chi connectivity index (χ1) is 12.7. The normalized spacial score (nSPS) is 11.7. The van der Waals surface area contributed by atoms with E-state index in [1.165, 1.54) is 51.5 Å². The van der Waals surface area contributed by atoms with Gasteiger partial charge >= 0.3 is 6.18 Å². The van der Waals surface area contributed by atoms with Gasteiger partial charge in [-0.2, -0.15) is 13.2 Å². The van der Waals surface area contributed by atoms with E-state index < -0.39 is 17.5 Å². The molecule has 0 saturated heterocycles. The molecule has 0 fully saturated rings. The van der Waals surface area contributed by atoms with E-state index >= 15 is 0 Å². The summed E-state index contributed by atoms with van der Waals surface area (Å²) in [6.07, 6.45) is -2.01. The molecular weight excluding hydrogens is 361 g/mol. The Morgan fingerprint density at radius 2 is 1.70 bits per heavy atom. The highest BCUT2D eigenvalue weighted by Gasteiger charge is 2.32. The number of rotatable bonds is 6. The minimum Gasteiger partial charge on any atom is -0.496 e. The van der Waals surface area contributed by atoms with Crippen molar-refractivity contribution >= 4 is 11.9 Å². The van der Waals surface area contributed by atoms with Crippen LogP contribution >= 0.6 is 0 Å². The second-order valence-electron chi connectivity index (χ2n) is 5.80. The van der Waals surface area contributed by atoms with Gasteiger partial charge < -0.3 is 14.6 Å². The summed E-state index contributed by atoms with van der Waals surface area (Å²) in [6.45, 7) is 1.11. The van der Waals surface area contributed by atoms with E-state index in [-0.39, 0.29) is 34.8 Å². The quantitative estimate of drug-likeness (QED) is 0.595. The summed E-state index contributed by atoms with van der Waals surface area (Å²) in [5.74, 6) is -0.0943. The predicted octanol–water partition coefficient (Wildman–Crippen LogP) is 4.42. The van der Waals surface area contributed by atoms with Crippen LogP contribution < -0.4 is 9.47 Å². The summed E-state index contributed by atoms with van der Waals surface area (Å²) in [4.78, 5) is 12.6. The topological polar surface area (TPSA) is 55.8 Å². The van der Waals surface area contributed by atoms with Crippen LogP contribution in [0.25, 0.3) is 6.08 Å². The Morgan fingerprint density at radius 3 is 2.19 bits per heavy atom. The molecule has 0 radical (unpaired) electrons. The molecule has 2 aromatic carbocycles. The summed E-state index contributed by atoms with van der Waals surface area (Å²) >= 11 is 0. The van der Waals surface area contributed by atoms with Crippen molar-refractivity contribution in [2.45, 2.75) is 19.7 Å². The standard InChI is InChI=1S/C20H19F3O4/c1-12-4-5-13(8-15(12)20(21,22)23)6-7-16(25)19-17(26-2)9-14(11-24)10-18(19)27-3/h4-10,24H,11H2,1-3H3/b7-6+. The maximum Gasteiger partial charge on any atom is 0.416 e. The second-order valence-corrected chi connectivity index (χ2v) is 5.80. The Morgan fingerprint density at radius 1 is 1.11 bits per heavy atom. The van der Waals surface area contributed by atoms with Crippen molar-refractivity contribution in [3.05, 3.63) is 64.2 Å². The van der Waals surface area contributed by atoms with Crippen molar-refractivity contribution in [3.8, 4) is 11.5 Å². The average molecular weight is 380 g/mol. The minimum absolute atomic E-state index is 0.105. The van der Waals surface area contributed by atoms with E-state index in [1.807, 2.05) is 0 Å². The number of carbonyl (C=O) groups is 1. The van der Waals surface area contributed by atoms with Crippen LogP contribution in [-0.2, 0) is 12.8 Å². The Labute approximate surface area is 154 Å². The number of carbonyl (C=O) groups excluding carboxylic acids is 1. The molecule has 144 valence electrons. The molecule has 0 unspecified atom stereocenters. The van der Waals surface area contributed by atoms with Crippen molar-refractivity contribution in [3.63, 3.8) is 0 Å². The van der Waals surface area contributed by atoms with Gasteiger partial charge in [-0.3, -0.25) is 4.79 Å². The fraction of sp³-hybridized carbons (Fsp3) is 0.250. The molecule has 0 aromatic heterocycles. The number of ether oxygens (including phenoxy) is 2. The molecule has 7 heteroatoms. The van der Waals surface area contributed by atoms with Gasteiger partial charge in [0.2, 0.25) is 0 Å². The number of ketones is 1. The van der Waals surface area contributed by atoms with Gasteiger partial charge in [-0.1, -0.05) is 18.2 Å². The van der Waals surface area contributed by atoms with E-state index in [2.05, 4.69) is 0 Å².